The standard InChI is InChI=1S/C35H35ClN2O5/c1-41-30-13-7-12-28(23-30)32-35(24-25-9-3-2-4-10-25,34(40)37-20-19-26-11-5-6-14-31(26)36)38-33(43-32)27-15-17-29(18-16-27)42-22-8-21-39/h2-7,9-18,23,32,39H,8,19-22,24H2,1H3,(H,37,40)/t32-,35-/m1/s1. The Labute approximate surface area is 257 Å². The highest BCUT2D eigenvalue weighted by Gasteiger charge is 2.53. The summed E-state index contributed by atoms with van der Waals surface area (Å²) in [5, 5.41) is 12.9. The molecule has 0 unspecified atom stereocenters. The molecule has 1 aliphatic heterocycles. The summed E-state index contributed by atoms with van der Waals surface area (Å²) in [6.45, 7) is 0.868. The van der Waals surface area contributed by atoms with Crippen molar-refractivity contribution in [2.45, 2.75) is 30.9 Å². The van der Waals surface area contributed by atoms with E-state index in [0.717, 1.165) is 22.3 Å². The van der Waals surface area contributed by atoms with E-state index in [9.17, 15) is 4.79 Å². The second kappa shape index (κ2) is 14.2. The predicted molar refractivity (Wildman–Crippen MR) is 168 cm³/mol. The lowest BCUT2D eigenvalue weighted by Crippen LogP contribution is -2.50. The molecule has 222 valence electrons. The van der Waals surface area contributed by atoms with Gasteiger partial charge in [0.05, 0.1) is 13.7 Å². The van der Waals surface area contributed by atoms with Crippen LogP contribution in [-0.2, 0) is 22.4 Å². The van der Waals surface area contributed by atoms with E-state index in [0.29, 0.717) is 54.8 Å². The number of methoxy groups -OCH3 is 1. The van der Waals surface area contributed by atoms with E-state index in [1.807, 2.05) is 103 Å². The van der Waals surface area contributed by atoms with Crippen LogP contribution in [0.4, 0.5) is 0 Å². The summed E-state index contributed by atoms with van der Waals surface area (Å²) in [5.74, 6) is 1.46. The largest absolute Gasteiger partial charge is 0.497 e. The van der Waals surface area contributed by atoms with E-state index in [1.54, 1.807) is 7.11 Å². The predicted octanol–water partition coefficient (Wildman–Crippen LogP) is 5.97. The topological polar surface area (TPSA) is 89.4 Å². The van der Waals surface area contributed by atoms with Crippen LogP contribution in [0.3, 0.4) is 0 Å². The lowest BCUT2D eigenvalue weighted by molar-refractivity contribution is -0.128. The van der Waals surface area contributed by atoms with Crippen LogP contribution < -0.4 is 14.8 Å². The molecular formula is C35H35ClN2O5. The Hall–Kier alpha value is -4.33. The summed E-state index contributed by atoms with van der Waals surface area (Å²) < 4.78 is 17.8. The molecule has 0 saturated carbocycles. The number of nitrogens with zero attached hydrogens (tertiary/aromatic N) is 1. The van der Waals surface area contributed by atoms with Gasteiger partial charge in [0, 0.05) is 36.6 Å². The molecule has 0 saturated heterocycles. The van der Waals surface area contributed by atoms with Crippen molar-refractivity contribution in [1.29, 1.82) is 0 Å². The van der Waals surface area contributed by atoms with E-state index in [4.69, 9.17) is 35.9 Å². The van der Waals surface area contributed by atoms with Gasteiger partial charge in [0.2, 0.25) is 5.90 Å². The Morgan fingerprint density at radius 1 is 0.977 bits per heavy atom. The first-order chi connectivity index (χ1) is 21.0. The molecule has 0 radical (unpaired) electrons. The van der Waals surface area contributed by atoms with E-state index < -0.39 is 11.6 Å². The zero-order valence-electron chi connectivity index (χ0n) is 24.0. The first kappa shape index (κ1) is 30.1. The average Bonchev–Trinajstić information content (AvgIpc) is 3.43. The van der Waals surface area contributed by atoms with E-state index in [1.165, 1.54) is 0 Å². The molecule has 0 aromatic heterocycles. The number of aliphatic imine (C=N–C) groups is 1. The lowest BCUT2D eigenvalue weighted by atomic mass is 9.82. The zero-order chi connectivity index (χ0) is 30.1. The Balaban J connectivity index is 1.52. The van der Waals surface area contributed by atoms with Gasteiger partial charge in [0.15, 0.2) is 11.6 Å². The van der Waals surface area contributed by atoms with Gasteiger partial charge >= 0.3 is 0 Å². The molecule has 0 bridgehead atoms. The molecule has 0 aliphatic carbocycles. The van der Waals surface area contributed by atoms with Crippen molar-refractivity contribution in [3.8, 4) is 11.5 Å². The van der Waals surface area contributed by atoms with Crippen LogP contribution in [0.25, 0.3) is 0 Å². The maximum absolute atomic E-state index is 14.4. The summed E-state index contributed by atoms with van der Waals surface area (Å²) in [7, 11) is 1.61. The van der Waals surface area contributed by atoms with Gasteiger partial charge < -0.3 is 24.6 Å². The number of hydrogen-bond acceptors (Lipinski definition) is 6. The van der Waals surface area contributed by atoms with Crippen LogP contribution >= 0.6 is 11.6 Å². The molecule has 1 heterocycles. The molecular weight excluding hydrogens is 564 g/mol. The second-order valence-corrected chi connectivity index (χ2v) is 10.7. The van der Waals surface area contributed by atoms with Crippen LogP contribution in [-0.4, -0.2) is 49.3 Å². The first-order valence-corrected chi connectivity index (χ1v) is 14.7. The van der Waals surface area contributed by atoms with Gasteiger partial charge in [-0.05, 0) is 65.6 Å². The monoisotopic (exact) mass is 598 g/mol. The zero-order valence-corrected chi connectivity index (χ0v) is 24.8. The normalized spacial score (nSPS) is 17.6. The fourth-order valence-electron chi connectivity index (χ4n) is 5.16. The number of ether oxygens (including phenoxy) is 3. The third kappa shape index (κ3) is 7.19. The third-order valence-electron chi connectivity index (χ3n) is 7.38. The van der Waals surface area contributed by atoms with Crippen molar-refractivity contribution in [1.82, 2.24) is 5.32 Å². The molecule has 1 amide bonds. The van der Waals surface area contributed by atoms with Gasteiger partial charge in [-0.2, -0.15) is 0 Å². The fraction of sp³-hybridized carbons (Fsp3) is 0.257. The summed E-state index contributed by atoms with van der Waals surface area (Å²) >= 11 is 6.38. The number of hydrogen-bond donors (Lipinski definition) is 2. The number of rotatable bonds is 13. The van der Waals surface area contributed by atoms with Crippen LogP contribution in [0.2, 0.25) is 5.02 Å². The molecule has 2 N–H and O–H groups in total. The van der Waals surface area contributed by atoms with Gasteiger partial charge in [-0.25, -0.2) is 4.99 Å². The minimum Gasteiger partial charge on any atom is -0.497 e. The summed E-state index contributed by atoms with van der Waals surface area (Å²) in [4.78, 5) is 19.4. The lowest BCUT2D eigenvalue weighted by Gasteiger charge is -2.31. The quantitative estimate of drug-likeness (QED) is 0.185. The van der Waals surface area contributed by atoms with Crippen LogP contribution in [0.15, 0.2) is 108 Å². The highest BCUT2D eigenvalue weighted by atomic mass is 35.5. The average molecular weight is 599 g/mol. The minimum absolute atomic E-state index is 0.0678. The maximum Gasteiger partial charge on any atom is 0.252 e. The number of carbonyl (C=O) groups is 1. The molecule has 2 atom stereocenters. The molecule has 5 rings (SSSR count). The Kier molecular flexibility index (Phi) is 9.97. The molecule has 43 heavy (non-hydrogen) atoms. The Morgan fingerprint density at radius 2 is 1.74 bits per heavy atom. The van der Waals surface area contributed by atoms with E-state index >= 15 is 0 Å². The van der Waals surface area contributed by atoms with E-state index in [2.05, 4.69) is 5.32 Å². The smallest absolute Gasteiger partial charge is 0.252 e. The first-order valence-electron chi connectivity index (χ1n) is 14.3. The highest BCUT2D eigenvalue weighted by Crippen LogP contribution is 2.43. The van der Waals surface area contributed by atoms with Crippen molar-refractivity contribution in [3.05, 3.63) is 130 Å². The molecule has 8 heteroatoms. The number of benzene rings is 4. The maximum atomic E-state index is 14.4. The van der Waals surface area contributed by atoms with Crippen LogP contribution in [0.1, 0.15) is 34.8 Å². The van der Waals surface area contributed by atoms with Gasteiger partial charge in [0.25, 0.3) is 5.91 Å². The molecule has 4 aromatic rings. The number of aliphatic hydroxyl groups excluding tert-OH is 1. The highest BCUT2D eigenvalue weighted by molar-refractivity contribution is 6.31. The Bertz CT molecular complexity index is 1540. The van der Waals surface area contributed by atoms with Gasteiger partial charge in [-0.1, -0.05) is 72.3 Å². The van der Waals surface area contributed by atoms with Gasteiger partial charge in [0.1, 0.15) is 11.5 Å². The van der Waals surface area contributed by atoms with Crippen molar-refractivity contribution in [3.63, 3.8) is 0 Å². The molecule has 0 fully saturated rings. The summed E-state index contributed by atoms with van der Waals surface area (Å²) in [6, 6.07) is 32.4. The van der Waals surface area contributed by atoms with Crippen LogP contribution in [0, 0.1) is 0 Å². The van der Waals surface area contributed by atoms with Crippen molar-refractivity contribution in [2.24, 2.45) is 4.99 Å². The summed E-state index contributed by atoms with van der Waals surface area (Å²) in [5.41, 5.74) is 2.11. The fourth-order valence-corrected chi connectivity index (χ4v) is 5.39. The number of amides is 1. The molecule has 7 nitrogen and oxygen atoms in total. The SMILES string of the molecule is COc1cccc([C@H]2OC(c3ccc(OCCCO)cc3)=N[C@@]2(Cc2ccccc2)C(=O)NCCc2ccccc2Cl)c1. The Morgan fingerprint density at radius 3 is 2.49 bits per heavy atom. The van der Waals surface area contributed by atoms with Crippen LogP contribution in [0.5, 0.6) is 11.5 Å². The number of carbonyl (C=O) groups excluding carboxylic acids is 1. The number of halogens is 1. The number of aliphatic hydroxyl groups is 1. The molecule has 1 aliphatic rings. The second-order valence-electron chi connectivity index (χ2n) is 10.3. The minimum atomic E-state index is -1.31. The van der Waals surface area contributed by atoms with Gasteiger partial charge in [-0.3, -0.25) is 4.79 Å². The number of nitrogens with one attached hydrogen (secondary N) is 1. The van der Waals surface area contributed by atoms with E-state index in [-0.39, 0.29) is 12.5 Å². The van der Waals surface area contributed by atoms with Crippen molar-refractivity contribution >= 4 is 23.4 Å². The van der Waals surface area contributed by atoms with Crippen molar-refractivity contribution < 1.29 is 24.1 Å². The van der Waals surface area contributed by atoms with Gasteiger partial charge in [-0.15, -0.1) is 0 Å². The molecule has 4 aromatic carbocycles. The third-order valence-corrected chi connectivity index (χ3v) is 7.75. The molecule has 0 spiro atoms. The van der Waals surface area contributed by atoms with Crippen molar-refractivity contribution in [2.75, 3.05) is 26.9 Å². The summed E-state index contributed by atoms with van der Waals surface area (Å²) in [6.07, 6.45) is 0.720.